The van der Waals surface area contributed by atoms with Crippen molar-refractivity contribution in [3.63, 3.8) is 0 Å². The molecule has 2 N–H and O–H groups in total. The molecule has 1 atom stereocenters. The first-order valence-corrected chi connectivity index (χ1v) is 13.4. The van der Waals surface area contributed by atoms with Crippen LogP contribution in [0.3, 0.4) is 0 Å². The molecule has 0 bridgehead atoms. The summed E-state index contributed by atoms with van der Waals surface area (Å²) in [4.78, 5) is 27.1. The molecule has 0 aliphatic carbocycles. The van der Waals surface area contributed by atoms with Gasteiger partial charge in [0.2, 0.25) is 15.5 Å². The molecular formula is C26H30N4O5S. The first-order valence-electron chi connectivity index (χ1n) is 11.8. The summed E-state index contributed by atoms with van der Waals surface area (Å²) in [7, 11) is -3.53. The molecule has 9 nitrogen and oxygen atoms in total. The molecule has 1 aromatic heterocycles. The average Bonchev–Trinajstić information content (AvgIpc) is 2.89. The van der Waals surface area contributed by atoms with Crippen LogP contribution < -0.4 is 15.2 Å². The van der Waals surface area contributed by atoms with E-state index in [0.29, 0.717) is 6.42 Å². The average molecular weight is 511 g/mol. The van der Waals surface area contributed by atoms with E-state index in [1.807, 2.05) is 65.7 Å². The van der Waals surface area contributed by atoms with Gasteiger partial charge >= 0.3 is 0 Å². The largest absolute Gasteiger partial charge is 0.502 e. The smallest absolute Gasteiger partial charge is 0.277 e. The molecule has 0 radical (unpaired) electrons. The molecule has 0 saturated heterocycles. The second-order valence-electron chi connectivity index (χ2n) is 8.75. The number of fused-ring (bicyclic) bond motifs is 1. The van der Waals surface area contributed by atoms with Gasteiger partial charge in [0.1, 0.15) is 6.67 Å². The number of benzene rings is 2. The molecule has 36 heavy (non-hydrogen) atoms. The van der Waals surface area contributed by atoms with Gasteiger partial charge in [-0.05, 0) is 24.5 Å². The Morgan fingerprint density at radius 2 is 1.56 bits per heavy atom. The van der Waals surface area contributed by atoms with Gasteiger partial charge in [0.15, 0.2) is 11.4 Å². The fourth-order valence-electron chi connectivity index (χ4n) is 4.26. The van der Waals surface area contributed by atoms with Gasteiger partial charge in [0.25, 0.3) is 5.91 Å². The Bertz CT molecular complexity index is 1340. The van der Waals surface area contributed by atoms with Crippen LogP contribution in [0.15, 0.2) is 77.7 Å². The highest BCUT2D eigenvalue weighted by atomic mass is 32.2. The number of pyridine rings is 1. The van der Waals surface area contributed by atoms with Crippen LogP contribution in [0, 0.1) is 0 Å². The second kappa shape index (κ2) is 10.5. The molecule has 190 valence electrons. The lowest BCUT2D eigenvalue weighted by Crippen LogP contribution is -2.56. The predicted molar refractivity (Wildman–Crippen MR) is 138 cm³/mol. The van der Waals surface area contributed by atoms with Crippen molar-refractivity contribution in [1.82, 2.24) is 14.3 Å². The van der Waals surface area contributed by atoms with Gasteiger partial charge in [-0.25, -0.2) is 13.1 Å². The Hall–Kier alpha value is -3.63. The monoisotopic (exact) mass is 510 g/mol. The normalized spacial score (nSPS) is 14.7. The van der Waals surface area contributed by atoms with E-state index < -0.39 is 32.4 Å². The van der Waals surface area contributed by atoms with Crippen molar-refractivity contribution >= 4 is 15.9 Å². The van der Waals surface area contributed by atoms with E-state index in [2.05, 4.69) is 4.72 Å². The summed E-state index contributed by atoms with van der Waals surface area (Å²) in [5, 5.41) is 11.9. The summed E-state index contributed by atoms with van der Waals surface area (Å²) in [6, 6.07) is 20.3. The Kier molecular flexibility index (Phi) is 7.46. The van der Waals surface area contributed by atoms with Crippen LogP contribution in [0.25, 0.3) is 0 Å². The van der Waals surface area contributed by atoms with Crippen LogP contribution >= 0.6 is 0 Å². The molecule has 3 aromatic rings. The Morgan fingerprint density at radius 1 is 0.972 bits per heavy atom. The minimum atomic E-state index is -3.53. The van der Waals surface area contributed by atoms with E-state index >= 15 is 0 Å². The molecule has 1 amide bonds. The number of hydrogen-bond acceptors (Lipinski definition) is 6. The molecule has 1 aliphatic rings. The summed E-state index contributed by atoms with van der Waals surface area (Å²) in [6.07, 6.45) is 1.95. The quantitative estimate of drug-likeness (QED) is 0.457. The molecule has 1 aliphatic heterocycles. The number of carbonyl (C=O) groups excluding carboxylic acids is 1. The number of nitrogens with zero attached hydrogens (tertiary/aromatic N) is 3. The standard InChI is InChI=1S/C26H30N4O5S/c1-3-19(2)36(34,35)27-15-17-28-18-30(29-16-14-22(31)25(32)24(29)26(28)33)23(20-10-6-4-7-11-20)21-12-8-5-9-13-21/h4-14,16,19,23,27,32H,3,15,17-18H2,1-2H3. The lowest BCUT2D eigenvalue weighted by Gasteiger charge is -2.44. The van der Waals surface area contributed by atoms with Crippen LogP contribution in [0.1, 0.15) is 47.9 Å². The highest BCUT2D eigenvalue weighted by Gasteiger charge is 2.36. The van der Waals surface area contributed by atoms with Crippen LogP contribution in [0.2, 0.25) is 0 Å². The molecule has 0 spiro atoms. The summed E-state index contributed by atoms with van der Waals surface area (Å²) in [6.45, 7) is 3.59. The Morgan fingerprint density at radius 3 is 2.11 bits per heavy atom. The first kappa shape index (κ1) is 25.5. The second-order valence-corrected chi connectivity index (χ2v) is 10.9. The van der Waals surface area contributed by atoms with E-state index in [1.165, 1.54) is 21.8 Å². The summed E-state index contributed by atoms with van der Waals surface area (Å²) >= 11 is 0. The van der Waals surface area contributed by atoms with Crippen molar-refractivity contribution in [2.24, 2.45) is 0 Å². The third kappa shape index (κ3) is 5.00. The van der Waals surface area contributed by atoms with Crippen LogP contribution in [0.5, 0.6) is 5.75 Å². The Balaban J connectivity index is 1.75. The molecule has 2 heterocycles. The third-order valence-corrected chi connectivity index (χ3v) is 8.45. The number of aromatic hydroxyl groups is 1. The predicted octanol–water partition coefficient (Wildman–Crippen LogP) is 2.41. The third-order valence-electron chi connectivity index (χ3n) is 6.45. The van der Waals surface area contributed by atoms with Crippen molar-refractivity contribution in [3.05, 3.63) is 100.0 Å². The summed E-state index contributed by atoms with van der Waals surface area (Å²) in [5.41, 5.74) is 1.07. The maximum Gasteiger partial charge on any atom is 0.277 e. The lowest BCUT2D eigenvalue weighted by atomic mass is 9.98. The Labute approximate surface area is 210 Å². The van der Waals surface area contributed by atoms with Gasteiger partial charge in [-0.15, -0.1) is 0 Å². The topological polar surface area (TPSA) is 112 Å². The number of carbonyl (C=O) groups is 1. The number of hydrogen-bond donors (Lipinski definition) is 2. The van der Waals surface area contributed by atoms with E-state index in [0.717, 1.165) is 11.1 Å². The van der Waals surface area contributed by atoms with Crippen molar-refractivity contribution in [3.8, 4) is 5.75 Å². The zero-order valence-corrected chi connectivity index (χ0v) is 21.1. The number of nitrogens with one attached hydrogen (secondary N) is 1. The number of rotatable bonds is 9. The minimum absolute atomic E-state index is 0.00538. The van der Waals surface area contributed by atoms with E-state index in [4.69, 9.17) is 0 Å². The van der Waals surface area contributed by atoms with Gasteiger partial charge < -0.3 is 10.0 Å². The van der Waals surface area contributed by atoms with Gasteiger partial charge in [0.05, 0.1) is 11.3 Å². The van der Waals surface area contributed by atoms with Crippen LogP contribution in [-0.2, 0) is 10.0 Å². The van der Waals surface area contributed by atoms with Crippen molar-refractivity contribution in [2.45, 2.75) is 31.6 Å². The molecule has 0 fully saturated rings. The zero-order chi connectivity index (χ0) is 25.9. The van der Waals surface area contributed by atoms with Gasteiger partial charge in [0, 0.05) is 25.4 Å². The number of amides is 1. The minimum Gasteiger partial charge on any atom is -0.502 e. The maximum atomic E-state index is 13.4. The van der Waals surface area contributed by atoms with Crippen LogP contribution in [0.4, 0.5) is 0 Å². The molecule has 1 unspecified atom stereocenters. The zero-order valence-electron chi connectivity index (χ0n) is 20.2. The molecule has 10 heteroatoms. The fourth-order valence-corrected chi connectivity index (χ4v) is 5.36. The molecular weight excluding hydrogens is 480 g/mol. The number of sulfonamides is 1. The first-order chi connectivity index (χ1) is 17.2. The van der Waals surface area contributed by atoms with Crippen molar-refractivity contribution in [2.75, 3.05) is 24.8 Å². The van der Waals surface area contributed by atoms with Crippen molar-refractivity contribution in [1.29, 1.82) is 0 Å². The maximum absolute atomic E-state index is 13.4. The SMILES string of the molecule is CCC(C)S(=O)(=O)NCCN1CN(C(c2ccccc2)c2ccccc2)n2ccc(=O)c(O)c2C1=O. The van der Waals surface area contributed by atoms with E-state index in [1.54, 1.807) is 13.8 Å². The van der Waals surface area contributed by atoms with E-state index in [9.17, 15) is 23.1 Å². The summed E-state index contributed by atoms with van der Waals surface area (Å²) < 4.78 is 28.9. The highest BCUT2D eigenvalue weighted by Crippen LogP contribution is 2.31. The van der Waals surface area contributed by atoms with Gasteiger partial charge in [-0.1, -0.05) is 67.6 Å². The fraction of sp³-hybridized carbons (Fsp3) is 0.308. The van der Waals surface area contributed by atoms with Crippen LogP contribution in [-0.4, -0.2) is 54.0 Å². The lowest BCUT2D eigenvalue weighted by molar-refractivity contribution is 0.0683. The number of aromatic nitrogens is 1. The van der Waals surface area contributed by atoms with Gasteiger partial charge in [-0.3, -0.25) is 19.3 Å². The molecule has 2 aromatic carbocycles. The van der Waals surface area contributed by atoms with Gasteiger partial charge in [-0.2, -0.15) is 0 Å². The van der Waals surface area contributed by atoms with Crippen molar-refractivity contribution < 1.29 is 18.3 Å². The van der Waals surface area contributed by atoms with E-state index in [-0.39, 0.29) is 31.5 Å². The molecule has 4 rings (SSSR count). The highest BCUT2D eigenvalue weighted by molar-refractivity contribution is 7.90. The molecule has 0 saturated carbocycles. The summed E-state index contributed by atoms with van der Waals surface area (Å²) in [5.74, 6) is -1.19.